The number of hydrogen-bond acceptors (Lipinski definition) is 10. The molecule has 0 bridgehead atoms. The second-order valence-electron chi connectivity index (χ2n) is 7.64. The average Bonchev–Trinajstić information content (AvgIpc) is 3.54. The number of benzene rings is 3. The maximum absolute atomic E-state index is 12.2. The molecule has 2 aromatic heterocycles. The minimum absolute atomic E-state index is 0.173. The van der Waals surface area contributed by atoms with Gasteiger partial charge >= 0.3 is 0 Å². The molecule has 38 heavy (non-hydrogen) atoms. The van der Waals surface area contributed by atoms with E-state index in [1.54, 1.807) is 48.5 Å². The zero-order chi connectivity index (χ0) is 27.7. The van der Waals surface area contributed by atoms with E-state index in [2.05, 4.69) is 15.3 Å². The van der Waals surface area contributed by atoms with Crippen LogP contribution in [0.4, 0.5) is 11.4 Å². The highest BCUT2D eigenvalue weighted by Gasteiger charge is 2.15. The average molecular weight is 544 g/mol. The van der Waals surface area contributed by atoms with Gasteiger partial charge in [0.2, 0.25) is 5.91 Å². The Morgan fingerprint density at radius 3 is 2.08 bits per heavy atom. The van der Waals surface area contributed by atoms with Crippen molar-refractivity contribution in [1.29, 1.82) is 10.5 Å². The number of nitrogens with two attached hydrogens (primary N) is 2. The topological polar surface area (TPSA) is 175 Å². The molecule has 0 saturated heterocycles. The van der Waals surface area contributed by atoms with Crippen molar-refractivity contribution in [2.45, 2.75) is 26.3 Å². The largest absolute Gasteiger partial charge is 0.508 e. The smallest absolute Gasteiger partial charge is 0.241 e. The fraction of sp³-hybridized carbons (Fsp3) is 0.148. The third-order valence-electron chi connectivity index (χ3n) is 4.99. The van der Waals surface area contributed by atoms with Gasteiger partial charge in [-0.3, -0.25) is 4.79 Å². The highest BCUT2D eigenvalue weighted by Crippen LogP contribution is 2.25. The van der Waals surface area contributed by atoms with Crippen molar-refractivity contribution < 1.29 is 9.90 Å². The van der Waals surface area contributed by atoms with Crippen molar-refractivity contribution >= 4 is 60.4 Å². The summed E-state index contributed by atoms with van der Waals surface area (Å²) >= 11 is 2.63. The second-order valence-corrected chi connectivity index (χ2v) is 9.70. The number of nitriles is 2. The number of nitrogens with one attached hydrogen (secondary N) is 1. The minimum Gasteiger partial charge on any atom is -0.508 e. The Morgan fingerprint density at radius 1 is 0.947 bits per heavy atom. The number of anilines is 2. The van der Waals surface area contributed by atoms with Crippen LogP contribution in [0.3, 0.4) is 0 Å². The molecule has 5 aromatic rings. The maximum atomic E-state index is 12.2. The van der Waals surface area contributed by atoms with Crippen LogP contribution >= 0.6 is 22.7 Å². The summed E-state index contributed by atoms with van der Waals surface area (Å²) in [6.45, 7) is 4.00. The first-order chi connectivity index (χ1) is 18.3. The van der Waals surface area contributed by atoms with Crippen molar-refractivity contribution in [1.82, 2.24) is 9.97 Å². The van der Waals surface area contributed by atoms with Gasteiger partial charge in [-0.25, -0.2) is 9.97 Å². The number of thiazole rings is 2. The van der Waals surface area contributed by atoms with Gasteiger partial charge in [-0.15, -0.1) is 22.7 Å². The normalized spacial score (nSPS) is 10.8. The number of nitrogen functional groups attached to an aromatic ring is 1. The monoisotopic (exact) mass is 543 g/mol. The Morgan fingerprint density at radius 2 is 1.50 bits per heavy atom. The molecule has 3 aromatic carbocycles. The molecular formula is C27H25N7O2S2. The van der Waals surface area contributed by atoms with Gasteiger partial charge in [-0.2, -0.15) is 10.5 Å². The van der Waals surface area contributed by atoms with Crippen LogP contribution < -0.4 is 16.8 Å². The first-order valence-corrected chi connectivity index (χ1v) is 13.2. The number of phenolic OH excluding ortho intramolecular Hbond substituents is 1. The van der Waals surface area contributed by atoms with Crippen LogP contribution in [0.2, 0.25) is 0 Å². The maximum Gasteiger partial charge on any atom is 0.241 e. The van der Waals surface area contributed by atoms with Gasteiger partial charge in [-0.1, -0.05) is 26.0 Å². The van der Waals surface area contributed by atoms with Gasteiger partial charge in [0.25, 0.3) is 0 Å². The molecule has 6 N–H and O–H groups in total. The number of carbonyl (C=O) groups excluding carboxylic acids is 1. The number of phenols is 1. The molecule has 2 heterocycles. The molecule has 0 saturated carbocycles. The summed E-state index contributed by atoms with van der Waals surface area (Å²) in [5, 5.41) is 30.4. The van der Waals surface area contributed by atoms with Gasteiger partial charge in [0.05, 0.1) is 26.5 Å². The Hall–Kier alpha value is -4.55. The number of aromatic hydroxyl groups is 1. The number of rotatable bonds is 4. The second kappa shape index (κ2) is 13.1. The lowest BCUT2D eigenvalue weighted by Gasteiger charge is -2.12. The van der Waals surface area contributed by atoms with Crippen molar-refractivity contribution in [3.63, 3.8) is 0 Å². The quantitative estimate of drug-likeness (QED) is 0.225. The standard InChI is InChI=1S/C17H14N4O2S.C8H5N3S.C2H6/c18-9-16-21-14-6-3-11(8-15(14)24-16)20-17(23)13(19)7-10-1-4-12(22)5-2-10;9-4-8-11-6-2-1-5(10)3-7(6)12-8;1-2/h1-6,8,13,22H,7,19H2,(H,20,23);1-3H,10H2;1-2H3. The highest BCUT2D eigenvalue weighted by atomic mass is 32.1. The number of carbonyl (C=O) groups is 1. The predicted molar refractivity (Wildman–Crippen MR) is 153 cm³/mol. The van der Waals surface area contributed by atoms with Crippen LogP contribution in [-0.4, -0.2) is 27.0 Å². The van der Waals surface area contributed by atoms with Crippen molar-refractivity contribution in [3.05, 3.63) is 76.2 Å². The molecule has 1 unspecified atom stereocenters. The van der Waals surface area contributed by atoms with E-state index in [1.165, 1.54) is 22.7 Å². The first-order valence-electron chi connectivity index (χ1n) is 11.6. The predicted octanol–water partition coefficient (Wildman–Crippen LogP) is 5.16. The van der Waals surface area contributed by atoms with Gasteiger partial charge in [-0.05, 0) is 60.5 Å². The van der Waals surface area contributed by atoms with Crippen LogP contribution in [0.15, 0.2) is 60.7 Å². The van der Waals surface area contributed by atoms with Crippen LogP contribution in [0, 0.1) is 22.7 Å². The van der Waals surface area contributed by atoms with E-state index in [0.717, 1.165) is 26.0 Å². The number of aromatic nitrogens is 2. The number of nitrogens with zero attached hydrogens (tertiary/aromatic N) is 4. The van der Waals surface area contributed by atoms with Crippen LogP contribution in [0.1, 0.15) is 29.4 Å². The van der Waals surface area contributed by atoms with E-state index < -0.39 is 6.04 Å². The van der Waals surface area contributed by atoms with E-state index in [-0.39, 0.29) is 11.7 Å². The Balaban J connectivity index is 0.000000238. The lowest BCUT2D eigenvalue weighted by atomic mass is 10.1. The molecule has 192 valence electrons. The fourth-order valence-corrected chi connectivity index (χ4v) is 4.87. The Bertz CT molecular complexity index is 1630. The Kier molecular flexibility index (Phi) is 9.68. The third kappa shape index (κ3) is 7.24. The zero-order valence-corrected chi connectivity index (χ0v) is 22.3. The molecule has 1 amide bonds. The van der Waals surface area contributed by atoms with Crippen molar-refractivity contribution in [2.24, 2.45) is 5.73 Å². The molecule has 11 heteroatoms. The molecule has 0 aliphatic carbocycles. The van der Waals surface area contributed by atoms with E-state index in [9.17, 15) is 9.90 Å². The zero-order valence-electron chi connectivity index (χ0n) is 20.7. The molecule has 0 spiro atoms. The van der Waals surface area contributed by atoms with Gasteiger partial charge in [0.15, 0.2) is 10.0 Å². The van der Waals surface area contributed by atoms with Crippen LogP contribution in [-0.2, 0) is 11.2 Å². The molecular weight excluding hydrogens is 518 g/mol. The van der Waals surface area contributed by atoms with Gasteiger partial charge in [0, 0.05) is 11.4 Å². The summed E-state index contributed by atoms with van der Waals surface area (Å²) in [4.78, 5) is 20.5. The highest BCUT2D eigenvalue weighted by molar-refractivity contribution is 7.19. The van der Waals surface area contributed by atoms with Crippen molar-refractivity contribution in [2.75, 3.05) is 11.1 Å². The summed E-state index contributed by atoms with van der Waals surface area (Å²) in [6, 6.07) is 20.6. The summed E-state index contributed by atoms with van der Waals surface area (Å²) < 4.78 is 1.79. The summed E-state index contributed by atoms with van der Waals surface area (Å²) in [7, 11) is 0. The first kappa shape index (κ1) is 28.0. The molecule has 0 radical (unpaired) electrons. The minimum atomic E-state index is -0.707. The third-order valence-corrected chi connectivity index (χ3v) is 6.83. The SMILES string of the molecule is CC.N#Cc1nc2ccc(N)cc2s1.N#Cc1nc2ccc(NC(=O)C(N)Cc3ccc(O)cc3)cc2s1. The van der Waals surface area contributed by atoms with E-state index >= 15 is 0 Å². The molecule has 9 nitrogen and oxygen atoms in total. The number of amides is 1. The number of fused-ring (bicyclic) bond motifs is 2. The lowest BCUT2D eigenvalue weighted by Crippen LogP contribution is -2.37. The summed E-state index contributed by atoms with van der Waals surface area (Å²) in [5.74, 6) is -0.126. The van der Waals surface area contributed by atoms with Crippen molar-refractivity contribution in [3.8, 4) is 17.9 Å². The van der Waals surface area contributed by atoms with E-state index in [0.29, 0.717) is 27.8 Å². The van der Waals surface area contributed by atoms with E-state index in [1.807, 2.05) is 38.1 Å². The Labute approximate surface area is 227 Å². The summed E-state index contributed by atoms with van der Waals surface area (Å²) in [6.07, 6.45) is 0.369. The molecule has 0 aliphatic heterocycles. The molecule has 0 fully saturated rings. The molecule has 5 rings (SSSR count). The van der Waals surface area contributed by atoms with Gasteiger partial charge < -0.3 is 21.9 Å². The molecule has 0 aliphatic rings. The molecule has 1 atom stereocenters. The lowest BCUT2D eigenvalue weighted by molar-refractivity contribution is -0.117. The fourth-order valence-electron chi connectivity index (χ4n) is 3.25. The van der Waals surface area contributed by atoms with Gasteiger partial charge in [0.1, 0.15) is 17.9 Å². The van der Waals surface area contributed by atoms with Crippen LogP contribution in [0.25, 0.3) is 20.4 Å². The van der Waals surface area contributed by atoms with E-state index in [4.69, 9.17) is 22.0 Å². The summed E-state index contributed by atoms with van der Waals surface area (Å²) in [5.41, 5.74) is 15.3. The van der Waals surface area contributed by atoms with Crippen LogP contribution in [0.5, 0.6) is 5.75 Å². The number of hydrogen-bond donors (Lipinski definition) is 4.